The highest BCUT2D eigenvalue weighted by atomic mass is 19.1. The zero-order valence-electron chi connectivity index (χ0n) is 19.4. The Kier molecular flexibility index (Phi) is 6.31. The molecule has 2 saturated heterocycles. The van der Waals surface area contributed by atoms with E-state index < -0.39 is 24.1 Å². The van der Waals surface area contributed by atoms with E-state index in [1.807, 2.05) is 33.8 Å². The molecule has 1 aromatic carbocycles. The summed E-state index contributed by atoms with van der Waals surface area (Å²) in [6, 6.07) is 4.92. The van der Waals surface area contributed by atoms with Crippen LogP contribution in [0.1, 0.15) is 40.5 Å². The lowest BCUT2D eigenvalue weighted by atomic mass is 9.79. The minimum Gasteiger partial charge on any atom is -0.494 e. The van der Waals surface area contributed by atoms with Gasteiger partial charge in [0.15, 0.2) is 17.3 Å². The summed E-state index contributed by atoms with van der Waals surface area (Å²) in [4.78, 5) is 10.8. The van der Waals surface area contributed by atoms with Crippen molar-refractivity contribution in [3.63, 3.8) is 0 Å². The van der Waals surface area contributed by atoms with Gasteiger partial charge in [-0.25, -0.2) is 14.4 Å². The third-order valence-electron chi connectivity index (χ3n) is 6.70. The van der Waals surface area contributed by atoms with Crippen LogP contribution in [-0.2, 0) is 9.31 Å². The van der Waals surface area contributed by atoms with Crippen LogP contribution < -0.4 is 19.8 Å². The highest BCUT2D eigenvalue weighted by molar-refractivity contribution is 6.62. The maximum Gasteiger partial charge on any atom is 0.494 e. The van der Waals surface area contributed by atoms with Crippen LogP contribution in [0.4, 0.5) is 10.3 Å². The first-order valence-electron chi connectivity index (χ1n) is 11.1. The van der Waals surface area contributed by atoms with Crippen LogP contribution in [0.3, 0.4) is 0 Å². The summed E-state index contributed by atoms with van der Waals surface area (Å²) in [5.41, 5.74) is -0.273. The summed E-state index contributed by atoms with van der Waals surface area (Å²) >= 11 is 0. The number of rotatable bonds is 6. The van der Waals surface area contributed by atoms with Crippen LogP contribution in [0.15, 0.2) is 30.6 Å². The van der Waals surface area contributed by atoms with E-state index in [2.05, 4.69) is 14.9 Å². The Morgan fingerprint density at radius 2 is 1.72 bits per heavy atom. The van der Waals surface area contributed by atoms with Gasteiger partial charge in [-0.05, 0) is 64.1 Å². The van der Waals surface area contributed by atoms with Crippen molar-refractivity contribution < 1.29 is 23.2 Å². The second kappa shape index (κ2) is 8.86. The van der Waals surface area contributed by atoms with Crippen LogP contribution >= 0.6 is 0 Å². The molecule has 7 nitrogen and oxygen atoms in total. The Balaban J connectivity index is 1.29. The van der Waals surface area contributed by atoms with Crippen molar-refractivity contribution in [3.8, 4) is 11.5 Å². The fourth-order valence-corrected chi connectivity index (χ4v) is 3.85. The number of hydrogen-bond acceptors (Lipinski definition) is 7. The van der Waals surface area contributed by atoms with Gasteiger partial charge in [0, 0.05) is 13.1 Å². The van der Waals surface area contributed by atoms with Gasteiger partial charge in [0.2, 0.25) is 5.95 Å². The lowest BCUT2D eigenvalue weighted by Gasteiger charge is -2.32. The molecule has 3 heterocycles. The predicted octanol–water partition coefficient (Wildman–Crippen LogP) is 3.22. The number of benzene rings is 1. The summed E-state index contributed by atoms with van der Waals surface area (Å²) in [7, 11) is 1.01. The van der Waals surface area contributed by atoms with Gasteiger partial charge >= 0.3 is 7.12 Å². The van der Waals surface area contributed by atoms with E-state index in [0.717, 1.165) is 25.9 Å². The molecule has 2 fully saturated rings. The van der Waals surface area contributed by atoms with Crippen molar-refractivity contribution in [2.75, 3.05) is 31.7 Å². The van der Waals surface area contributed by atoms with Gasteiger partial charge in [-0.15, -0.1) is 0 Å². The molecule has 2 aliphatic rings. The molecule has 0 saturated carbocycles. The largest absolute Gasteiger partial charge is 0.494 e. The average molecular weight is 443 g/mol. The minimum atomic E-state index is -0.590. The van der Waals surface area contributed by atoms with E-state index in [0.29, 0.717) is 29.7 Å². The molecule has 2 aliphatic heterocycles. The highest BCUT2D eigenvalue weighted by Gasteiger charge is 2.51. The van der Waals surface area contributed by atoms with Crippen molar-refractivity contribution in [3.05, 3.63) is 36.4 Å². The Morgan fingerprint density at radius 1 is 1.09 bits per heavy atom. The van der Waals surface area contributed by atoms with E-state index in [-0.39, 0.29) is 5.75 Å². The molecule has 4 rings (SSSR count). The van der Waals surface area contributed by atoms with Crippen LogP contribution in [0.5, 0.6) is 11.5 Å². The van der Waals surface area contributed by atoms with E-state index in [9.17, 15) is 4.39 Å². The molecule has 2 aromatic rings. The van der Waals surface area contributed by atoms with Crippen LogP contribution in [0.25, 0.3) is 0 Å². The molecule has 9 heteroatoms. The second-order valence-electron chi connectivity index (χ2n) is 9.44. The number of anilines is 1. The molecule has 0 atom stereocenters. The number of piperidine rings is 1. The van der Waals surface area contributed by atoms with Crippen LogP contribution in [-0.4, -0.2) is 55.1 Å². The van der Waals surface area contributed by atoms with E-state index in [1.165, 1.54) is 6.07 Å². The van der Waals surface area contributed by atoms with Gasteiger partial charge in [0.25, 0.3) is 0 Å². The fraction of sp³-hybridized carbons (Fsp3) is 0.565. The number of ether oxygens (including phenoxy) is 2. The third-order valence-corrected chi connectivity index (χ3v) is 6.70. The molecule has 172 valence electrons. The number of methoxy groups -OCH3 is 1. The molecule has 0 N–H and O–H groups in total. The third kappa shape index (κ3) is 4.69. The minimum absolute atomic E-state index is 0.256. The van der Waals surface area contributed by atoms with Gasteiger partial charge in [0.1, 0.15) is 0 Å². The maximum atomic E-state index is 14.7. The standard InChI is InChI=1S/C23H31BFN3O4/c1-22(2)23(3,4)32-24(31-22)17-6-7-20(19(25)12-17)30-15-16-8-10-28(11-9-16)21-26-13-18(29-5)14-27-21/h6-7,12-14,16H,8-11,15H2,1-5H3. The molecule has 1 aromatic heterocycles. The molecule has 32 heavy (non-hydrogen) atoms. The zero-order valence-corrected chi connectivity index (χ0v) is 19.4. The summed E-state index contributed by atoms with van der Waals surface area (Å²) < 4.78 is 37.7. The van der Waals surface area contributed by atoms with E-state index in [4.69, 9.17) is 18.8 Å². The van der Waals surface area contributed by atoms with Crippen molar-refractivity contribution in [1.29, 1.82) is 0 Å². The predicted molar refractivity (Wildman–Crippen MR) is 121 cm³/mol. The molecule has 0 radical (unpaired) electrons. The zero-order chi connectivity index (χ0) is 22.9. The number of halogens is 1. The number of nitrogens with zero attached hydrogens (tertiary/aromatic N) is 3. The Hall–Kier alpha value is -2.39. The van der Waals surface area contributed by atoms with Gasteiger partial charge in [-0.3, -0.25) is 0 Å². The lowest BCUT2D eigenvalue weighted by Crippen LogP contribution is -2.41. The maximum absolute atomic E-state index is 14.7. The summed E-state index contributed by atoms with van der Waals surface area (Å²) in [6.07, 6.45) is 5.22. The molecular weight excluding hydrogens is 412 g/mol. The smallest absolute Gasteiger partial charge is 0.494 e. The van der Waals surface area contributed by atoms with Crippen molar-refractivity contribution >= 4 is 18.5 Å². The van der Waals surface area contributed by atoms with E-state index in [1.54, 1.807) is 25.6 Å². The quantitative estimate of drug-likeness (QED) is 0.636. The molecule has 0 aliphatic carbocycles. The first-order chi connectivity index (χ1) is 15.2. The molecule has 0 amide bonds. The van der Waals surface area contributed by atoms with E-state index >= 15 is 0 Å². The average Bonchev–Trinajstić information content (AvgIpc) is 3.00. The highest BCUT2D eigenvalue weighted by Crippen LogP contribution is 2.36. The van der Waals surface area contributed by atoms with Crippen LogP contribution in [0.2, 0.25) is 0 Å². The molecule has 0 spiro atoms. The van der Waals surface area contributed by atoms with Gasteiger partial charge in [0.05, 0.1) is 37.3 Å². The van der Waals surface area contributed by atoms with Crippen molar-refractivity contribution in [2.45, 2.75) is 51.7 Å². The topological polar surface area (TPSA) is 65.9 Å². The Bertz CT molecular complexity index is 917. The molecular formula is C23H31BFN3O4. The lowest BCUT2D eigenvalue weighted by molar-refractivity contribution is 0.00578. The van der Waals surface area contributed by atoms with Gasteiger partial charge in [-0.2, -0.15) is 0 Å². The fourth-order valence-electron chi connectivity index (χ4n) is 3.85. The molecule has 0 unspecified atom stereocenters. The number of aromatic nitrogens is 2. The summed E-state index contributed by atoms with van der Waals surface area (Å²) in [6.45, 7) is 10.1. The van der Waals surface area contributed by atoms with Gasteiger partial charge in [-0.1, -0.05) is 6.07 Å². The first kappa shape index (κ1) is 22.8. The Morgan fingerprint density at radius 3 is 2.28 bits per heavy atom. The van der Waals surface area contributed by atoms with Crippen molar-refractivity contribution in [2.24, 2.45) is 5.92 Å². The Labute approximate surface area is 189 Å². The normalized spacial score (nSPS) is 20.4. The number of hydrogen-bond donors (Lipinski definition) is 0. The van der Waals surface area contributed by atoms with Crippen molar-refractivity contribution in [1.82, 2.24) is 9.97 Å². The summed E-state index contributed by atoms with van der Waals surface area (Å²) in [5, 5.41) is 0. The first-order valence-corrected chi connectivity index (χ1v) is 11.1. The second-order valence-corrected chi connectivity index (χ2v) is 9.44. The monoisotopic (exact) mass is 443 g/mol. The SMILES string of the molecule is COc1cnc(N2CCC(COc3ccc(B4OC(C)(C)C(C)(C)O4)cc3F)CC2)nc1. The summed E-state index contributed by atoms with van der Waals surface area (Å²) in [5.74, 6) is 1.55. The van der Waals surface area contributed by atoms with Crippen LogP contribution in [0, 0.1) is 11.7 Å². The molecule has 0 bridgehead atoms. The van der Waals surface area contributed by atoms with Gasteiger partial charge < -0.3 is 23.7 Å².